The van der Waals surface area contributed by atoms with Crippen LogP contribution in [0.1, 0.15) is 6.92 Å². The summed E-state index contributed by atoms with van der Waals surface area (Å²) in [4.78, 5) is 9.42. The second kappa shape index (κ2) is 4.65. The highest BCUT2D eigenvalue weighted by molar-refractivity contribution is 7.89. The van der Waals surface area contributed by atoms with Gasteiger partial charge >= 0.3 is 6.18 Å². The molecule has 126 valence electrons. The Morgan fingerprint density at radius 2 is 1.91 bits per heavy atom. The Labute approximate surface area is 128 Å². The summed E-state index contributed by atoms with van der Waals surface area (Å²) in [6, 6.07) is 1.46. The summed E-state index contributed by atoms with van der Waals surface area (Å²) in [7, 11) is -4.44. The van der Waals surface area contributed by atoms with Gasteiger partial charge in [0.2, 0.25) is 10.0 Å². The second-order valence-corrected chi connectivity index (χ2v) is 7.53. The van der Waals surface area contributed by atoms with Gasteiger partial charge in [0, 0.05) is 18.7 Å². The molecule has 3 atom stereocenters. The number of rotatable bonds is 3. The number of alkyl halides is 3. The second-order valence-electron chi connectivity index (χ2n) is 5.64. The molecule has 0 radical (unpaired) electrons. The maximum absolute atomic E-state index is 13.2. The molecule has 1 aromatic carbocycles. The molecule has 0 spiro atoms. The number of sulfonamides is 1. The number of ether oxygens (including phenoxy) is 1. The first-order valence-corrected chi connectivity index (χ1v) is 7.92. The number of hydrogen-bond donors (Lipinski definition) is 0. The number of fused-ring (bicyclic) bond motifs is 1. The zero-order chi connectivity index (χ0) is 17.2. The molecule has 7 nitrogen and oxygen atoms in total. The normalized spacial score (nSPS) is 31.0. The zero-order valence-electron chi connectivity index (χ0n) is 11.6. The average Bonchev–Trinajstić information content (AvgIpc) is 2.97. The number of benzene rings is 1. The number of epoxide rings is 1. The minimum absolute atomic E-state index is 0.351. The Kier molecular flexibility index (Phi) is 3.26. The number of nitrogens with zero attached hydrogens (tertiary/aromatic N) is 2. The Hall–Kier alpha value is -1.72. The topological polar surface area (TPSA) is 93.0 Å². The first kappa shape index (κ1) is 16.1. The van der Waals surface area contributed by atoms with Gasteiger partial charge in [-0.15, -0.1) is 0 Å². The quantitative estimate of drug-likeness (QED) is 0.469. The number of nitro groups is 1. The van der Waals surface area contributed by atoms with Crippen molar-refractivity contribution >= 4 is 15.7 Å². The molecule has 0 aromatic heterocycles. The van der Waals surface area contributed by atoms with E-state index in [1.165, 1.54) is 6.92 Å². The molecule has 2 saturated heterocycles. The monoisotopic (exact) mass is 352 g/mol. The van der Waals surface area contributed by atoms with Gasteiger partial charge in [-0.05, 0) is 19.1 Å². The Morgan fingerprint density at radius 1 is 1.35 bits per heavy atom. The van der Waals surface area contributed by atoms with Crippen molar-refractivity contribution in [3.8, 4) is 0 Å². The molecular weight excluding hydrogens is 341 g/mol. The van der Waals surface area contributed by atoms with Crippen LogP contribution >= 0.6 is 0 Å². The Morgan fingerprint density at radius 3 is 2.39 bits per heavy atom. The van der Waals surface area contributed by atoms with Crippen LogP contribution in [-0.4, -0.2) is 48.1 Å². The predicted octanol–water partition coefficient (Wildman–Crippen LogP) is 1.69. The van der Waals surface area contributed by atoms with Crippen LogP contribution in [0, 0.1) is 10.1 Å². The van der Waals surface area contributed by atoms with E-state index in [0.29, 0.717) is 4.31 Å². The highest BCUT2D eigenvalue weighted by atomic mass is 32.2. The first-order valence-electron chi connectivity index (χ1n) is 6.48. The number of morpholine rings is 1. The van der Waals surface area contributed by atoms with Gasteiger partial charge < -0.3 is 4.74 Å². The minimum Gasteiger partial charge on any atom is -0.363 e. The summed E-state index contributed by atoms with van der Waals surface area (Å²) in [5.41, 5.74) is -1.50. The minimum atomic E-state index is -4.77. The summed E-state index contributed by atoms with van der Waals surface area (Å²) >= 11 is 0. The van der Waals surface area contributed by atoms with Crippen LogP contribution in [0.25, 0.3) is 0 Å². The summed E-state index contributed by atoms with van der Waals surface area (Å²) in [5, 5.41) is 10.6. The van der Waals surface area contributed by atoms with E-state index >= 15 is 0 Å². The lowest BCUT2D eigenvalue weighted by atomic mass is 10.1. The van der Waals surface area contributed by atoms with E-state index in [2.05, 4.69) is 0 Å². The lowest BCUT2D eigenvalue weighted by molar-refractivity contribution is -0.384. The number of hydrogen-bond acceptors (Lipinski definition) is 5. The van der Waals surface area contributed by atoms with Gasteiger partial charge in [0.1, 0.15) is 17.7 Å². The van der Waals surface area contributed by atoms with Gasteiger partial charge in [0.15, 0.2) is 0 Å². The van der Waals surface area contributed by atoms with Crippen molar-refractivity contribution in [2.75, 3.05) is 6.54 Å². The molecule has 2 heterocycles. The highest BCUT2D eigenvalue weighted by Gasteiger charge is 2.73. The van der Waals surface area contributed by atoms with Crippen molar-refractivity contribution in [3.63, 3.8) is 0 Å². The third-order valence-corrected chi connectivity index (χ3v) is 5.84. The van der Waals surface area contributed by atoms with E-state index in [0.717, 1.165) is 24.3 Å². The molecule has 1 aromatic rings. The number of non-ortho nitro benzene ring substituents is 1. The number of halogens is 3. The number of nitro benzene ring substituents is 1. The molecular formula is C12H11F3N2O5S. The van der Waals surface area contributed by atoms with E-state index in [-0.39, 0.29) is 5.69 Å². The van der Waals surface area contributed by atoms with Crippen LogP contribution in [-0.2, 0) is 14.8 Å². The van der Waals surface area contributed by atoms with Crippen LogP contribution in [0.15, 0.2) is 29.2 Å². The molecule has 23 heavy (non-hydrogen) atoms. The van der Waals surface area contributed by atoms with Crippen molar-refractivity contribution in [3.05, 3.63) is 34.4 Å². The average molecular weight is 352 g/mol. The van der Waals surface area contributed by atoms with Crippen molar-refractivity contribution in [2.45, 2.75) is 35.7 Å². The smallest absolute Gasteiger partial charge is 0.363 e. The molecule has 3 rings (SSSR count). The molecule has 11 heteroatoms. The summed E-state index contributed by atoms with van der Waals surface area (Å²) in [6.07, 6.45) is -6.00. The third-order valence-electron chi connectivity index (χ3n) is 4.00. The van der Waals surface area contributed by atoms with Gasteiger partial charge in [-0.1, -0.05) is 0 Å². The fraction of sp³-hybridized carbons (Fsp3) is 0.500. The predicted molar refractivity (Wildman–Crippen MR) is 70.1 cm³/mol. The molecule has 0 bridgehead atoms. The fourth-order valence-electron chi connectivity index (χ4n) is 2.79. The molecule has 0 aliphatic carbocycles. The van der Waals surface area contributed by atoms with Crippen LogP contribution in [0.2, 0.25) is 0 Å². The standard InChI is InChI=1S/C12H11F3N2O5S/c1-11-6-16(9(10(11)22-11)12(13,14)15)23(20,21)8-4-2-7(3-5-8)17(18)19/h2-5,9-10H,6H2,1H3/t9-,10-,11+/m1/s1. The van der Waals surface area contributed by atoms with E-state index in [4.69, 9.17) is 4.74 Å². The fourth-order valence-corrected chi connectivity index (χ4v) is 4.49. The van der Waals surface area contributed by atoms with Gasteiger partial charge in [0.25, 0.3) is 5.69 Å². The maximum Gasteiger partial charge on any atom is 0.407 e. The van der Waals surface area contributed by atoms with Gasteiger partial charge in [-0.2, -0.15) is 17.5 Å². The Bertz CT molecular complexity index is 764. The van der Waals surface area contributed by atoms with Crippen LogP contribution in [0.4, 0.5) is 18.9 Å². The van der Waals surface area contributed by atoms with E-state index in [1.807, 2.05) is 0 Å². The largest absolute Gasteiger partial charge is 0.407 e. The summed E-state index contributed by atoms with van der Waals surface area (Å²) < 4.78 is 69.9. The molecule has 0 amide bonds. The molecule has 2 aliphatic rings. The lowest BCUT2D eigenvalue weighted by Gasteiger charge is -2.27. The summed E-state index contributed by atoms with van der Waals surface area (Å²) in [6.45, 7) is 1.00. The Balaban J connectivity index is 1.97. The third kappa shape index (κ3) is 2.48. The first-order chi connectivity index (χ1) is 10.5. The molecule has 2 fully saturated rings. The van der Waals surface area contributed by atoms with Crippen LogP contribution < -0.4 is 0 Å². The van der Waals surface area contributed by atoms with Gasteiger partial charge in [-0.3, -0.25) is 10.1 Å². The molecule has 0 saturated carbocycles. The van der Waals surface area contributed by atoms with E-state index < -0.39 is 50.3 Å². The lowest BCUT2D eigenvalue weighted by Crippen LogP contribution is -2.48. The zero-order valence-corrected chi connectivity index (χ0v) is 12.5. The van der Waals surface area contributed by atoms with Gasteiger partial charge in [-0.25, -0.2) is 8.42 Å². The van der Waals surface area contributed by atoms with Crippen molar-refractivity contribution in [2.24, 2.45) is 0 Å². The maximum atomic E-state index is 13.2. The van der Waals surface area contributed by atoms with Crippen molar-refractivity contribution < 1.29 is 31.2 Å². The SMILES string of the molecule is C[C@]12CN(S(=O)(=O)c3ccc([N+](=O)[O-])cc3)[C@@H](C(F)(F)F)[C@H]1O2. The summed E-state index contributed by atoms with van der Waals surface area (Å²) in [5.74, 6) is 0. The van der Waals surface area contributed by atoms with E-state index in [9.17, 15) is 31.7 Å². The molecule has 2 aliphatic heterocycles. The van der Waals surface area contributed by atoms with Gasteiger partial charge in [0.05, 0.1) is 9.82 Å². The van der Waals surface area contributed by atoms with Crippen molar-refractivity contribution in [1.82, 2.24) is 4.31 Å². The molecule has 0 unspecified atom stereocenters. The molecule has 0 N–H and O–H groups in total. The van der Waals surface area contributed by atoms with E-state index in [1.54, 1.807) is 0 Å². The van der Waals surface area contributed by atoms with Crippen molar-refractivity contribution in [1.29, 1.82) is 0 Å². The van der Waals surface area contributed by atoms with Crippen LogP contribution in [0.5, 0.6) is 0 Å². The van der Waals surface area contributed by atoms with Crippen LogP contribution in [0.3, 0.4) is 0 Å². The highest BCUT2D eigenvalue weighted by Crippen LogP contribution is 2.53.